The number of hydrogen-bond donors (Lipinski definition) is 1. The summed E-state index contributed by atoms with van der Waals surface area (Å²) in [5.74, 6) is -0.408. The van der Waals surface area contributed by atoms with Crippen molar-refractivity contribution in [2.45, 2.75) is 18.6 Å². The second-order valence-corrected chi connectivity index (χ2v) is 7.55. The van der Waals surface area contributed by atoms with Crippen LogP contribution >= 0.6 is 11.6 Å². The Bertz CT molecular complexity index is 558. The Morgan fingerprint density at radius 2 is 1.90 bits per heavy atom. The minimum Gasteiger partial charge on any atom is -0.346 e. The van der Waals surface area contributed by atoms with Crippen LogP contribution in [-0.2, 0) is 20.4 Å². The number of carbonyl (C=O) groups excluding carboxylic acids is 1. The molecule has 118 valence electrons. The fraction of sp³-hybridized carbons (Fsp3) is 0.500. The molecule has 0 atom stereocenters. The molecule has 0 bridgehead atoms. The first kappa shape index (κ1) is 17.9. The van der Waals surface area contributed by atoms with Crippen LogP contribution in [0.25, 0.3) is 0 Å². The van der Waals surface area contributed by atoms with Crippen LogP contribution in [0, 0.1) is 0 Å². The zero-order valence-electron chi connectivity index (χ0n) is 12.1. The van der Waals surface area contributed by atoms with Crippen LogP contribution < -0.4 is 5.73 Å². The largest absolute Gasteiger partial charge is 0.346 e. The Morgan fingerprint density at radius 1 is 1.29 bits per heavy atom. The second-order valence-electron chi connectivity index (χ2n) is 4.93. The van der Waals surface area contributed by atoms with E-state index in [0.29, 0.717) is 30.1 Å². The Labute approximate surface area is 131 Å². The highest BCUT2D eigenvalue weighted by atomic mass is 35.5. The molecule has 0 saturated carbocycles. The fourth-order valence-electron chi connectivity index (χ4n) is 1.79. The van der Waals surface area contributed by atoms with E-state index in [0.717, 1.165) is 0 Å². The van der Waals surface area contributed by atoms with Gasteiger partial charge in [0, 0.05) is 25.0 Å². The van der Waals surface area contributed by atoms with Gasteiger partial charge in [-0.25, -0.2) is 8.42 Å². The molecule has 0 aliphatic rings. The molecule has 1 aromatic rings. The molecule has 0 heterocycles. The van der Waals surface area contributed by atoms with Gasteiger partial charge in [-0.2, -0.15) is 0 Å². The van der Waals surface area contributed by atoms with Crippen LogP contribution in [0.4, 0.5) is 0 Å². The van der Waals surface area contributed by atoms with Gasteiger partial charge in [0.15, 0.2) is 9.84 Å². The highest BCUT2D eigenvalue weighted by Crippen LogP contribution is 2.13. The molecule has 0 radical (unpaired) electrons. The number of benzene rings is 1. The molecule has 2 N–H and O–H groups in total. The molecule has 1 amide bonds. The molecule has 0 aliphatic carbocycles. The predicted molar refractivity (Wildman–Crippen MR) is 84.9 cm³/mol. The van der Waals surface area contributed by atoms with Gasteiger partial charge < -0.3 is 10.6 Å². The number of amides is 1. The highest BCUT2D eigenvalue weighted by molar-refractivity contribution is 7.90. The first-order valence-corrected chi connectivity index (χ1v) is 8.93. The smallest absolute Gasteiger partial charge is 0.223 e. The van der Waals surface area contributed by atoms with E-state index >= 15 is 0 Å². The first-order valence-electron chi connectivity index (χ1n) is 6.73. The van der Waals surface area contributed by atoms with Crippen LogP contribution in [0.2, 0.25) is 5.02 Å². The molecular weight excluding hydrogens is 312 g/mol. The van der Waals surface area contributed by atoms with Gasteiger partial charge in [0.2, 0.25) is 5.91 Å². The van der Waals surface area contributed by atoms with E-state index in [-0.39, 0.29) is 23.8 Å². The summed E-state index contributed by atoms with van der Waals surface area (Å²) in [6.45, 7) is 1.05. The summed E-state index contributed by atoms with van der Waals surface area (Å²) in [6.07, 6.45) is 0.705. The number of sulfone groups is 1. The Hall–Kier alpha value is -1.11. The van der Waals surface area contributed by atoms with E-state index in [1.165, 1.54) is 4.90 Å². The highest BCUT2D eigenvalue weighted by Gasteiger charge is 2.16. The van der Waals surface area contributed by atoms with Gasteiger partial charge >= 0.3 is 0 Å². The normalized spacial score (nSPS) is 11.4. The van der Waals surface area contributed by atoms with Crippen molar-refractivity contribution in [2.24, 2.45) is 5.73 Å². The lowest BCUT2D eigenvalue weighted by atomic mass is 10.2. The van der Waals surface area contributed by atoms with Crippen LogP contribution in [0.3, 0.4) is 0 Å². The van der Waals surface area contributed by atoms with Crippen molar-refractivity contribution in [3.63, 3.8) is 0 Å². The minimum absolute atomic E-state index is 0.00298. The van der Waals surface area contributed by atoms with Crippen molar-refractivity contribution in [3.05, 3.63) is 34.9 Å². The molecule has 1 rings (SSSR count). The summed E-state index contributed by atoms with van der Waals surface area (Å²) >= 11 is 5.75. The van der Waals surface area contributed by atoms with E-state index in [1.54, 1.807) is 31.3 Å². The number of nitrogens with zero attached hydrogens (tertiary/aromatic N) is 1. The van der Waals surface area contributed by atoms with Gasteiger partial charge in [-0.15, -0.1) is 0 Å². The standard InChI is InChI=1S/C14H21ClN2O3S/c1-17(9-2-8-16)14(18)7-10-21(19,20)11-12-3-5-13(15)6-4-12/h3-6H,2,7-11,16H2,1H3. The Morgan fingerprint density at radius 3 is 2.48 bits per heavy atom. The van der Waals surface area contributed by atoms with Crippen molar-refractivity contribution < 1.29 is 13.2 Å². The number of carbonyl (C=O) groups is 1. The zero-order valence-corrected chi connectivity index (χ0v) is 13.7. The summed E-state index contributed by atoms with van der Waals surface area (Å²) < 4.78 is 24.0. The molecule has 0 aliphatic heterocycles. The number of rotatable bonds is 8. The van der Waals surface area contributed by atoms with Gasteiger partial charge in [0.05, 0.1) is 11.5 Å². The summed E-state index contributed by atoms with van der Waals surface area (Å²) in [6, 6.07) is 6.65. The summed E-state index contributed by atoms with van der Waals surface area (Å²) in [7, 11) is -1.66. The van der Waals surface area contributed by atoms with Crippen LogP contribution in [0.5, 0.6) is 0 Å². The molecule has 5 nitrogen and oxygen atoms in total. The molecule has 21 heavy (non-hydrogen) atoms. The first-order chi connectivity index (χ1) is 9.84. The van der Waals surface area contributed by atoms with E-state index < -0.39 is 9.84 Å². The number of halogens is 1. The number of hydrogen-bond acceptors (Lipinski definition) is 4. The average molecular weight is 333 g/mol. The Balaban J connectivity index is 2.49. The van der Waals surface area contributed by atoms with E-state index in [4.69, 9.17) is 17.3 Å². The monoisotopic (exact) mass is 332 g/mol. The van der Waals surface area contributed by atoms with Gasteiger partial charge in [-0.05, 0) is 30.7 Å². The zero-order chi connectivity index (χ0) is 15.9. The third-order valence-electron chi connectivity index (χ3n) is 3.05. The predicted octanol–water partition coefficient (Wildman–Crippen LogP) is 1.45. The lowest BCUT2D eigenvalue weighted by Gasteiger charge is -2.16. The molecule has 1 aromatic carbocycles. The molecule has 7 heteroatoms. The molecule has 0 aromatic heterocycles. The summed E-state index contributed by atoms with van der Waals surface area (Å²) in [5.41, 5.74) is 6.04. The van der Waals surface area contributed by atoms with Crippen molar-refractivity contribution in [2.75, 3.05) is 25.9 Å². The molecule has 0 fully saturated rings. The lowest BCUT2D eigenvalue weighted by molar-refractivity contribution is -0.129. The van der Waals surface area contributed by atoms with Crippen molar-refractivity contribution in [1.82, 2.24) is 4.90 Å². The number of nitrogens with two attached hydrogens (primary N) is 1. The summed E-state index contributed by atoms with van der Waals surface area (Å²) in [5, 5.41) is 0.563. The third-order valence-corrected chi connectivity index (χ3v) is 4.90. The average Bonchev–Trinajstić information content (AvgIpc) is 2.44. The van der Waals surface area contributed by atoms with Crippen molar-refractivity contribution >= 4 is 27.3 Å². The van der Waals surface area contributed by atoms with Crippen LogP contribution in [0.1, 0.15) is 18.4 Å². The molecular formula is C14H21ClN2O3S. The van der Waals surface area contributed by atoms with Crippen LogP contribution in [0.15, 0.2) is 24.3 Å². The quantitative estimate of drug-likeness (QED) is 0.781. The minimum atomic E-state index is -3.31. The van der Waals surface area contributed by atoms with E-state index in [2.05, 4.69) is 0 Å². The van der Waals surface area contributed by atoms with E-state index in [9.17, 15) is 13.2 Å². The fourth-order valence-corrected chi connectivity index (χ4v) is 3.25. The van der Waals surface area contributed by atoms with E-state index in [1.807, 2.05) is 0 Å². The lowest BCUT2D eigenvalue weighted by Crippen LogP contribution is -2.30. The van der Waals surface area contributed by atoms with Gasteiger partial charge in [0.1, 0.15) is 0 Å². The SMILES string of the molecule is CN(CCCN)C(=O)CCS(=O)(=O)Cc1ccc(Cl)cc1. The molecule has 0 saturated heterocycles. The van der Waals surface area contributed by atoms with Gasteiger partial charge in [0.25, 0.3) is 0 Å². The van der Waals surface area contributed by atoms with Gasteiger partial charge in [-0.3, -0.25) is 4.79 Å². The van der Waals surface area contributed by atoms with Gasteiger partial charge in [-0.1, -0.05) is 23.7 Å². The van der Waals surface area contributed by atoms with Crippen molar-refractivity contribution in [3.8, 4) is 0 Å². The maximum absolute atomic E-state index is 12.0. The maximum Gasteiger partial charge on any atom is 0.223 e. The van der Waals surface area contributed by atoms with Crippen LogP contribution in [-0.4, -0.2) is 45.1 Å². The topological polar surface area (TPSA) is 80.5 Å². The van der Waals surface area contributed by atoms with Crippen molar-refractivity contribution in [1.29, 1.82) is 0 Å². The molecule has 0 unspecified atom stereocenters. The maximum atomic E-state index is 12.0. The summed E-state index contributed by atoms with van der Waals surface area (Å²) in [4.78, 5) is 13.3. The second kappa shape index (κ2) is 8.36. The molecule has 0 spiro atoms. The Kier molecular flexibility index (Phi) is 7.14. The third kappa shape index (κ3) is 6.93.